The molecule has 5 heteroatoms. The predicted molar refractivity (Wildman–Crippen MR) is 48.7 cm³/mol. The first kappa shape index (κ1) is 12.7. The molecule has 0 aliphatic heterocycles. The second-order valence-electron chi connectivity index (χ2n) is 3.06. The third kappa shape index (κ3) is 2.62. The molecule has 72 valence electrons. The van der Waals surface area contributed by atoms with E-state index in [2.05, 4.69) is 4.98 Å². The number of hydrogen-bond donors (Lipinski definition) is 2. The predicted octanol–water partition coefficient (Wildman–Crippen LogP) is -2.83. The molecule has 0 aliphatic rings. The molecule has 0 amide bonds. The van der Waals surface area contributed by atoms with Crippen LogP contribution < -0.4 is 56.5 Å². The van der Waals surface area contributed by atoms with E-state index in [1.54, 1.807) is 18.3 Å². The van der Waals surface area contributed by atoms with Gasteiger partial charge in [-0.05, 0) is 17.7 Å². The van der Waals surface area contributed by atoms with E-state index in [9.17, 15) is 15.0 Å². The van der Waals surface area contributed by atoms with E-state index in [0.717, 1.165) is 5.52 Å². The molecule has 0 saturated heterocycles. The molecule has 2 rings (SSSR count). The Morgan fingerprint density at radius 1 is 1.47 bits per heavy atom. The molecule has 1 aromatic heterocycles. The summed E-state index contributed by atoms with van der Waals surface area (Å²) in [5.74, 6) is -1.07. The summed E-state index contributed by atoms with van der Waals surface area (Å²) in [7, 11) is 0. The zero-order valence-electron chi connectivity index (χ0n) is 8.28. The number of rotatable bonds is 2. The minimum Gasteiger partial charge on any atom is -0.550 e. The molecule has 4 nitrogen and oxygen atoms in total. The van der Waals surface area contributed by atoms with Crippen molar-refractivity contribution in [2.24, 2.45) is 0 Å². The average molecular weight is 229 g/mol. The molecule has 0 fully saturated rings. The molecular weight excluding hydrogens is 221 g/mol. The molecule has 2 N–H and O–H groups in total. The number of carbonyl (C=O) groups excluding carboxylic acids is 1. The van der Waals surface area contributed by atoms with Gasteiger partial charge in [0.15, 0.2) is 0 Å². The maximum absolute atomic E-state index is 10.4. The van der Waals surface area contributed by atoms with Crippen LogP contribution in [-0.2, 0) is 11.2 Å². The molecule has 0 spiro atoms. The Labute approximate surface area is 129 Å². The first-order valence-corrected chi connectivity index (χ1v) is 4.16. The van der Waals surface area contributed by atoms with Crippen molar-refractivity contribution < 1.29 is 66.4 Å². The van der Waals surface area contributed by atoms with Crippen LogP contribution in [0, 0.1) is 0 Å². The van der Waals surface area contributed by atoms with E-state index in [1.807, 2.05) is 0 Å². The zero-order valence-corrected chi connectivity index (χ0v) is 11.4. The van der Waals surface area contributed by atoms with Crippen LogP contribution in [0.2, 0.25) is 0 Å². The maximum Gasteiger partial charge on any atom is 1.00 e. The number of aliphatic carboxylic acids is 1. The van der Waals surface area contributed by atoms with Crippen molar-refractivity contribution in [1.82, 2.24) is 4.98 Å². The molecule has 0 saturated carbocycles. The number of hydrogen-bond acceptors (Lipinski definition) is 3. The maximum atomic E-state index is 10.4. The van der Waals surface area contributed by atoms with Crippen molar-refractivity contribution in [2.45, 2.75) is 6.42 Å². The van der Waals surface area contributed by atoms with Crippen LogP contribution in [0.4, 0.5) is 0 Å². The Hall–Kier alpha value is -0.334. The normalized spacial score (nSPS) is 9.87. The number of benzene rings is 1. The van der Waals surface area contributed by atoms with Crippen LogP contribution in [0.1, 0.15) is 5.56 Å². The van der Waals surface area contributed by atoms with Gasteiger partial charge in [0, 0.05) is 29.5 Å². The summed E-state index contributed by atoms with van der Waals surface area (Å²) in [6, 6.07) is 4.99. The van der Waals surface area contributed by atoms with Gasteiger partial charge in [0.2, 0.25) is 0 Å². The third-order valence-electron chi connectivity index (χ3n) is 2.10. The fourth-order valence-electron chi connectivity index (χ4n) is 1.53. The number of phenolic OH excluding ortho intramolecular Hbond substituents is 1. The summed E-state index contributed by atoms with van der Waals surface area (Å²) in [5.41, 5.74) is 1.26. The van der Waals surface area contributed by atoms with Crippen LogP contribution in [0.3, 0.4) is 0 Å². The summed E-state index contributed by atoms with van der Waals surface area (Å²) in [6.45, 7) is 0. The van der Waals surface area contributed by atoms with Crippen molar-refractivity contribution in [2.75, 3.05) is 0 Å². The monoisotopic (exact) mass is 229 g/mol. The summed E-state index contributed by atoms with van der Waals surface area (Å²) in [4.78, 5) is 13.3. The Morgan fingerprint density at radius 3 is 2.87 bits per heavy atom. The number of fused-ring (bicyclic) bond motifs is 1. The van der Waals surface area contributed by atoms with E-state index in [4.69, 9.17) is 0 Å². The molecule has 15 heavy (non-hydrogen) atoms. The second-order valence-corrected chi connectivity index (χ2v) is 3.06. The van der Waals surface area contributed by atoms with Gasteiger partial charge in [-0.2, -0.15) is 0 Å². The van der Waals surface area contributed by atoms with E-state index in [0.29, 0.717) is 10.9 Å². The van der Waals surface area contributed by atoms with Gasteiger partial charge in [0.25, 0.3) is 0 Å². The van der Waals surface area contributed by atoms with E-state index >= 15 is 0 Å². The largest absolute Gasteiger partial charge is 1.00 e. The summed E-state index contributed by atoms with van der Waals surface area (Å²) < 4.78 is 0. The number of H-pyrrole nitrogens is 1. The van der Waals surface area contributed by atoms with Gasteiger partial charge in [-0.15, -0.1) is 0 Å². The van der Waals surface area contributed by atoms with Crippen molar-refractivity contribution in [3.8, 4) is 5.75 Å². The topological polar surface area (TPSA) is 76.1 Å². The Morgan fingerprint density at radius 2 is 2.20 bits per heavy atom. The van der Waals surface area contributed by atoms with Crippen molar-refractivity contribution >= 4 is 16.9 Å². The van der Waals surface area contributed by atoms with Crippen molar-refractivity contribution in [1.29, 1.82) is 0 Å². The van der Waals surface area contributed by atoms with Crippen LogP contribution >= 0.6 is 0 Å². The first-order valence-electron chi connectivity index (χ1n) is 4.16. The first-order chi connectivity index (χ1) is 6.68. The number of carboxylic acid groups (broad SMARTS) is 1. The van der Waals surface area contributed by atoms with Gasteiger partial charge in [0.05, 0.1) is 0 Å². The van der Waals surface area contributed by atoms with Gasteiger partial charge in [-0.3, -0.25) is 0 Å². The number of aromatic nitrogens is 1. The molecule has 1 heterocycles. The fraction of sp³-hybridized carbons (Fsp3) is 0.100. The Balaban J connectivity index is 0.00000112. The standard InChI is InChI=1S/C10H9NO3.K/c12-8-3-1-2-7-10(8)6(5-11-7)4-9(13)14;/h1-3,5,11-12H,4H2,(H,13,14);/q;+1/p-1. The molecule has 0 radical (unpaired) electrons. The Bertz CT molecular complexity index is 492. The van der Waals surface area contributed by atoms with Crippen LogP contribution in [0.5, 0.6) is 5.75 Å². The molecule has 0 unspecified atom stereocenters. The zero-order chi connectivity index (χ0) is 10.1. The van der Waals surface area contributed by atoms with Crippen LogP contribution in [0.15, 0.2) is 24.4 Å². The molecular formula is C10H8KNO3. The van der Waals surface area contributed by atoms with Gasteiger partial charge in [-0.25, -0.2) is 0 Å². The third-order valence-corrected chi connectivity index (χ3v) is 2.10. The molecule has 1 aromatic carbocycles. The van der Waals surface area contributed by atoms with Crippen molar-refractivity contribution in [3.63, 3.8) is 0 Å². The molecule has 0 atom stereocenters. The second kappa shape index (κ2) is 5.13. The number of phenols is 1. The summed E-state index contributed by atoms with van der Waals surface area (Å²) >= 11 is 0. The summed E-state index contributed by atoms with van der Waals surface area (Å²) in [6.07, 6.45) is 1.37. The minimum absolute atomic E-state index is 0. The molecule has 0 aliphatic carbocycles. The van der Waals surface area contributed by atoms with E-state index in [1.165, 1.54) is 6.07 Å². The van der Waals surface area contributed by atoms with Gasteiger partial charge in [-0.1, -0.05) is 6.07 Å². The van der Waals surface area contributed by atoms with Gasteiger partial charge >= 0.3 is 51.4 Å². The summed E-state index contributed by atoms with van der Waals surface area (Å²) in [5, 5.41) is 20.5. The van der Waals surface area contributed by atoms with Crippen LogP contribution in [-0.4, -0.2) is 16.1 Å². The minimum atomic E-state index is -1.16. The smallest absolute Gasteiger partial charge is 0.550 e. The molecule has 0 bridgehead atoms. The van der Waals surface area contributed by atoms with E-state index in [-0.39, 0.29) is 63.6 Å². The fourth-order valence-corrected chi connectivity index (χ4v) is 1.53. The van der Waals surface area contributed by atoms with E-state index < -0.39 is 5.97 Å². The van der Waals surface area contributed by atoms with Crippen LogP contribution in [0.25, 0.3) is 10.9 Å². The molecule has 2 aromatic rings. The quantitative estimate of drug-likeness (QED) is 0.545. The number of nitrogens with one attached hydrogen (secondary N) is 1. The van der Waals surface area contributed by atoms with Gasteiger partial charge in [0.1, 0.15) is 5.75 Å². The van der Waals surface area contributed by atoms with Gasteiger partial charge < -0.3 is 20.0 Å². The van der Waals surface area contributed by atoms with Crippen molar-refractivity contribution in [3.05, 3.63) is 30.0 Å². The SMILES string of the molecule is O=C([O-])Cc1c[nH]c2cccc(O)c12.[K+]. The average Bonchev–Trinajstić information content (AvgIpc) is 2.49. The number of aromatic hydroxyl groups is 1. The Kier molecular flexibility index (Phi) is 4.36. The number of carboxylic acids is 1. The number of carbonyl (C=O) groups is 1. The number of aromatic amines is 1.